The molecule has 0 aromatic carbocycles. The second kappa shape index (κ2) is 4.82. The Balaban J connectivity index is 1.95. The second-order valence-corrected chi connectivity index (χ2v) is 4.62. The zero-order valence-corrected chi connectivity index (χ0v) is 9.66. The predicted molar refractivity (Wildman–Crippen MR) is 59.8 cm³/mol. The summed E-state index contributed by atoms with van der Waals surface area (Å²) in [4.78, 5) is 25.2. The molecule has 5 heteroatoms. The van der Waals surface area contributed by atoms with E-state index in [1.807, 2.05) is 0 Å². The number of carbonyl (C=O) groups is 2. The topological polar surface area (TPSA) is 61.4 Å². The van der Waals surface area contributed by atoms with Gasteiger partial charge >= 0.3 is 0 Å². The molecule has 2 rings (SSSR count). The van der Waals surface area contributed by atoms with Crippen molar-refractivity contribution in [1.82, 2.24) is 15.5 Å². The van der Waals surface area contributed by atoms with Crippen molar-refractivity contribution in [2.24, 2.45) is 5.92 Å². The Kier molecular flexibility index (Phi) is 3.43. The van der Waals surface area contributed by atoms with Crippen LogP contribution in [-0.4, -0.2) is 48.9 Å². The van der Waals surface area contributed by atoms with E-state index in [9.17, 15) is 9.59 Å². The van der Waals surface area contributed by atoms with Crippen LogP contribution in [0.25, 0.3) is 0 Å². The normalized spacial score (nSPS) is 31.1. The molecule has 0 aromatic rings. The van der Waals surface area contributed by atoms with Crippen LogP contribution >= 0.6 is 0 Å². The lowest BCUT2D eigenvalue weighted by Gasteiger charge is -2.25. The van der Waals surface area contributed by atoms with Crippen LogP contribution in [-0.2, 0) is 9.59 Å². The van der Waals surface area contributed by atoms with Gasteiger partial charge in [0.05, 0.1) is 6.04 Å². The fraction of sp³-hybridized carbons (Fsp3) is 0.818. The van der Waals surface area contributed by atoms with Crippen molar-refractivity contribution in [2.75, 3.05) is 26.2 Å². The van der Waals surface area contributed by atoms with E-state index in [0.717, 1.165) is 13.0 Å². The average Bonchev–Trinajstić information content (AvgIpc) is 2.56. The van der Waals surface area contributed by atoms with Crippen molar-refractivity contribution in [1.29, 1.82) is 0 Å². The summed E-state index contributed by atoms with van der Waals surface area (Å²) >= 11 is 0. The number of hydrogen-bond acceptors (Lipinski definition) is 3. The zero-order chi connectivity index (χ0) is 11.5. The van der Waals surface area contributed by atoms with Gasteiger partial charge in [-0.1, -0.05) is 6.92 Å². The zero-order valence-electron chi connectivity index (χ0n) is 9.66. The van der Waals surface area contributed by atoms with Crippen LogP contribution < -0.4 is 10.6 Å². The Labute approximate surface area is 95.6 Å². The van der Waals surface area contributed by atoms with E-state index < -0.39 is 0 Å². The molecule has 0 aromatic heterocycles. The fourth-order valence-corrected chi connectivity index (χ4v) is 2.35. The molecule has 2 saturated heterocycles. The summed E-state index contributed by atoms with van der Waals surface area (Å²) in [6, 6.07) is -0.0480. The minimum Gasteiger partial charge on any atom is -0.354 e. The number of carbonyl (C=O) groups excluding carboxylic acids is 2. The summed E-state index contributed by atoms with van der Waals surface area (Å²) < 4.78 is 0. The number of nitrogens with zero attached hydrogens (tertiary/aromatic N) is 1. The van der Waals surface area contributed by atoms with Gasteiger partial charge in [-0.25, -0.2) is 0 Å². The molecule has 2 atom stereocenters. The van der Waals surface area contributed by atoms with Crippen molar-refractivity contribution in [2.45, 2.75) is 25.8 Å². The first kappa shape index (κ1) is 11.4. The third-order valence-electron chi connectivity index (χ3n) is 3.42. The maximum atomic E-state index is 12.2. The molecule has 0 aliphatic carbocycles. The Hall–Kier alpha value is -1.10. The minimum atomic E-state index is -0.0480. The van der Waals surface area contributed by atoms with E-state index >= 15 is 0 Å². The number of amides is 2. The van der Waals surface area contributed by atoms with Gasteiger partial charge in [0.25, 0.3) is 0 Å². The quantitative estimate of drug-likeness (QED) is 0.622. The second-order valence-electron chi connectivity index (χ2n) is 4.62. The summed E-state index contributed by atoms with van der Waals surface area (Å²) in [5, 5.41) is 6.02. The lowest BCUT2D eigenvalue weighted by molar-refractivity contribution is -0.133. The highest BCUT2D eigenvalue weighted by atomic mass is 16.2. The van der Waals surface area contributed by atoms with Crippen molar-refractivity contribution >= 4 is 11.8 Å². The van der Waals surface area contributed by atoms with E-state index in [1.54, 1.807) is 4.90 Å². The van der Waals surface area contributed by atoms with Gasteiger partial charge < -0.3 is 15.5 Å². The first-order valence-electron chi connectivity index (χ1n) is 5.97. The highest BCUT2D eigenvalue weighted by Gasteiger charge is 2.32. The van der Waals surface area contributed by atoms with Gasteiger partial charge in [-0.05, 0) is 18.9 Å². The molecule has 2 aliphatic heterocycles. The predicted octanol–water partition coefficient (Wildman–Crippen LogP) is -0.667. The van der Waals surface area contributed by atoms with Gasteiger partial charge in [0.2, 0.25) is 11.8 Å². The van der Waals surface area contributed by atoms with Crippen molar-refractivity contribution in [3.63, 3.8) is 0 Å². The summed E-state index contributed by atoms with van der Waals surface area (Å²) in [7, 11) is 0. The van der Waals surface area contributed by atoms with Crippen LogP contribution in [0, 0.1) is 5.92 Å². The largest absolute Gasteiger partial charge is 0.354 e. The number of hydrogen-bond donors (Lipinski definition) is 2. The molecular formula is C11H19N3O2. The number of rotatable bonds is 1. The van der Waals surface area contributed by atoms with E-state index in [1.165, 1.54) is 0 Å². The molecule has 2 heterocycles. The smallest absolute Gasteiger partial charge is 0.240 e. The van der Waals surface area contributed by atoms with E-state index in [2.05, 4.69) is 17.6 Å². The molecular weight excluding hydrogens is 206 g/mol. The minimum absolute atomic E-state index is 0.0442. The van der Waals surface area contributed by atoms with Crippen LogP contribution in [0.3, 0.4) is 0 Å². The summed E-state index contributed by atoms with van der Waals surface area (Å²) in [6.45, 7) is 4.78. The highest BCUT2D eigenvalue weighted by molar-refractivity contribution is 5.84. The van der Waals surface area contributed by atoms with Crippen molar-refractivity contribution in [3.05, 3.63) is 0 Å². The molecule has 2 aliphatic rings. The SMILES string of the molecule is CC1CCNC1C(=O)N1CCNC(=O)CC1. The molecule has 2 N–H and O–H groups in total. The van der Waals surface area contributed by atoms with Gasteiger partial charge in [-0.2, -0.15) is 0 Å². The molecule has 0 bridgehead atoms. The van der Waals surface area contributed by atoms with Gasteiger partial charge in [-0.3, -0.25) is 9.59 Å². The van der Waals surface area contributed by atoms with Crippen LogP contribution in [0.4, 0.5) is 0 Å². The average molecular weight is 225 g/mol. The van der Waals surface area contributed by atoms with E-state index in [4.69, 9.17) is 0 Å². The van der Waals surface area contributed by atoms with E-state index in [0.29, 0.717) is 32.0 Å². The first-order valence-corrected chi connectivity index (χ1v) is 5.97. The van der Waals surface area contributed by atoms with Gasteiger partial charge in [0, 0.05) is 26.1 Å². The lowest BCUT2D eigenvalue weighted by Crippen LogP contribution is -2.47. The van der Waals surface area contributed by atoms with Crippen LogP contribution in [0.5, 0.6) is 0 Å². The van der Waals surface area contributed by atoms with Crippen molar-refractivity contribution in [3.8, 4) is 0 Å². The number of nitrogens with one attached hydrogen (secondary N) is 2. The molecule has 2 unspecified atom stereocenters. The fourth-order valence-electron chi connectivity index (χ4n) is 2.35. The highest BCUT2D eigenvalue weighted by Crippen LogP contribution is 2.17. The van der Waals surface area contributed by atoms with Crippen LogP contribution in [0.1, 0.15) is 19.8 Å². The van der Waals surface area contributed by atoms with Crippen molar-refractivity contribution < 1.29 is 9.59 Å². The standard InChI is InChI=1S/C11H19N3O2/c1-8-2-4-13-10(8)11(16)14-6-3-9(15)12-5-7-14/h8,10,13H,2-7H2,1H3,(H,12,15). The Morgan fingerprint density at radius 1 is 1.38 bits per heavy atom. The van der Waals surface area contributed by atoms with Crippen LogP contribution in [0.15, 0.2) is 0 Å². The Morgan fingerprint density at radius 3 is 2.88 bits per heavy atom. The van der Waals surface area contributed by atoms with Gasteiger partial charge in [-0.15, -0.1) is 0 Å². The summed E-state index contributed by atoms with van der Waals surface area (Å²) in [6.07, 6.45) is 1.48. The summed E-state index contributed by atoms with van der Waals surface area (Å²) in [5.74, 6) is 0.601. The molecule has 5 nitrogen and oxygen atoms in total. The maximum absolute atomic E-state index is 12.2. The molecule has 16 heavy (non-hydrogen) atoms. The third kappa shape index (κ3) is 2.35. The maximum Gasteiger partial charge on any atom is 0.240 e. The Bertz CT molecular complexity index is 293. The first-order chi connectivity index (χ1) is 7.68. The third-order valence-corrected chi connectivity index (χ3v) is 3.42. The monoisotopic (exact) mass is 225 g/mol. The molecule has 0 saturated carbocycles. The van der Waals surface area contributed by atoms with Gasteiger partial charge in [0.1, 0.15) is 0 Å². The molecule has 0 spiro atoms. The van der Waals surface area contributed by atoms with E-state index in [-0.39, 0.29) is 17.9 Å². The van der Waals surface area contributed by atoms with Gasteiger partial charge in [0.15, 0.2) is 0 Å². The summed E-state index contributed by atoms with van der Waals surface area (Å²) in [5.41, 5.74) is 0. The molecule has 2 fully saturated rings. The lowest BCUT2D eigenvalue weighted by atomic mass is 10.0. The Morgan fingerprint density at radius 2 is 2.19 bits per heavy atom. The molecule has 0 radical (unpaired) electrons. The van der Waals surface area contributed by atoms with Crippen LogP contribution in [0.2, 0.25) is 0 Å². The molecule has 90 valence electrons. The molecule has 2 amide bonds.